The summed E-state index contributed by atoms with van der Waals surface area (Å²) >= 11 is 0. The molecule has 0 aromatic heterocycles. The van der Waals surface area contributed by atoms with Gasteiger partial charge in [0.05, 0.1) is 17.4 Å². The quantitative estimate of drug-likeness (QED) is 0.636. The van der Waals surface area contributed by atoms with Crippen molar-refractivity contribution in [1.29, 1.82) is 0 Å². The summed E-state index contributed by atoms with van der Waals surface area (Å²) in [6, 6.07) is 15.8. The van der Waals surface area contributed by atoms with Crippen LogP contribution in [0.15, 0.2) is 53.4 Å². The van der Waals surface area contributed by atoms with E-state index < -0.39 is 21.5 Å². The zero-order valence-electron chi connectivity index (χ0n) is 17.8. The maximum absolute atomic E-state index is 13.1. The Morgan fingerprint density at radius 2 is 1.87 bits per heavy atom. The highest BCUT2D eigenvalue weighted by atomic mass is 32.2. The van der Waals surface area contributed by atoms with Crippen molar-refractivity contribution in [3.05, 3.63) is 54.1 Å². The lowest BCUT2D eigenvalue weighted by atomic mass is 9.98. The van der Waals surface area contributed by atoms with Gasteiger partial charge in [-0.2, -0.15) is 0 Å². The molecule has 2 heterocycles. The molecule has 2 aromatic rings. The Kier molecular flexibility index (Phi) is 6.92. The first-order chi connectivity index (χ1) is 15.1. The Morgan fingerprint density at radius 3 is 2.61 bits per heavy atom. The standard InChI is InChI=1S/C24H30N2O4S/c25-23(27)24(12-17-29-18-13-24)31(28)21-10-8-20(9-11-21)30-16-4-15-26-14-3-6-19-5-1-2-7-22(19)26/h1-2,5,7-11H,3-4,6,12-18H2,(H2,25,27). The number of amides is 1. The van der Waals surface area contributed by atoms with E-state index in [1.807, 2.05) is 12.1 Å². The number of ether oxygens (including phenoxy) is 2. The van der Waals surface area contributed by atoms with Crippen LogP contribution in [0.5, 0.6) is 5.75 Å². The minimum absolute atomic E-state index is 0.382. The van der Waals surface area contributed by atoms with Gasteiger partial charge in [0.2, 0.25) is 5.91 Å². The van der Waals surface area contributed by atoms with Crippen LogP contribution in [0.1, 0.15) is 31.2 Å². The Labute approximate surface area is 186 Å². The number of aryl methyl sites for hydroxylation is 1. The third-order valence-corrected chi connectivity index (χ3v) is 8.21. The van der Waals surface area contributed by atoms with Crippen molar-refractivity contribution in [3.8, 4) is 5.75 Å². The largest absolute Gasteiger partial charge is 0.494 e. The molecule has 1 saturated heterocycles. The van der Waals surface area contributed by atoms with E-state index in [1.54, 1.807) is 12.1 Å². The summed E-state index contributed by atoms with van der Waals surface area (Å²) in [6.45, 7) is 3.46. The third-order valence-electron chi connectivity index (χ3n) is 6.19. The van der Waals surface area contributed by atoms with Crippen LogP contribution in [0.3, 0.4) is 0 Å². The van der Waals surface area contributed by atoms with E-state index in [9.17, 15) is 9.00 Å². The van der Waals surface area contributed by atoms with Crippen LogP contribution >= 0.6 is 0 Å². The molecule has 1 fully saturated rings. The van der Waals surface area contributed by atoms with Gasteiger partial charge in [0.1, 0.15) is 10.5 Å². The summed E-state index contributed by atoms with van der Waals surface area (Å²) in [5, 5.41) is 0. The van der Waals surface area contributed by atoms with Crippen molar-refractivity contribution >= 4 is 22.4 Å². The lowest BCUT2D eigenvalue weighted by molar-refractivity contribution is -0.122. The fraction of sp³-hybridized carbons (Fsp3) is 0.458. The van der Waals surface area contributed by atoms with E-state index in [0.717, 1.165) is 31.7 Å². The highest BCUT2D eigenvalue weighted by Gasteiger charge is 2.45. The summed E-state index contributed by atoms with van der Waals surface area (Å²) in [4.78, 5) is 15.1. The lowest BCUT2D eigenvalue weighted by Crippen LogP contribution is -2.51. The van der Waals surface area contributed by atoms with Gasteiger partial charge >= 0.3 is 0 Å². The summed E-state index contributed by atoms with van der Waals surface area (Å²) in [6.07, 6.45) is 4.03. The molecule has 166 valence electrons. The molecule has 2 aliphatic rings. The second kappa shape index (κ2) is 9.83. The predicted octanol–water partition coefficient (Wildman–Crippen LogP) is 3.05. The van der Waals surface area contributed by atoms with Crippen LogP contribution in [0.25, 0.3) is 0 Å². The first kappa shape index (κ1) is 21.8. The molecule has 0 spiro atoms. The number of hydrogen-bond acceptors (Lipinski definition) is 5. The van der Waals surface area contributed by atoms with Gasteiger partial charge in [-0.25, -0.2) is 0 Å². The van der Waals surface area contributed by atoms with E-state index in [0.29, 0.717) is 37.6 Å². The minimum Gasteiger partial charge on any atom is -0.494 e. The maximum atomic E-state index is 13.1. The molecule has 6 nitrogen and oxygen atoms in total. The Morgan fingerprint density at radius 1 is 1.13 bits per heavy atom. The average molecular weight is 443 g/mol. The average Bonchev–Trinajstić information content (AvgIpc) is 2.82. The molecule has 1 unspecified atom stereocenters. The molecule has 1 amide bonds. The number of nitrogens with zero attached hydrogens (tertiary/aromatic N) is 1. The van der Waals surface area contributed by atoms with Gasteiger partial charge in [-0.05, 0) is 68.0 Å². The Hall–Kier alpha value is -2.38. The van der Waals surface area contributed by atoms with E-state index in [4.69, 9.17) is 15.2 Å². The predicted molar refractivity (Wildman–Crippen MR) is 122 cm³/mol. The molecule has 1 atom stereocenters. The topological polar surface area (TPSA) is 81.9 Å². The normalized spacial score (nSPS) is 18.8. The van der Waals surface area contributed by atoms with E-state index >= 15 is 0 Å². The van der Waals surface area contributed by atoms with Gasteiger partial charge in [-0.15, -0.1) is 0 Å². The molecule has 2 N–H and O–H groups in total. The number of para-hydroxylation sites is 1. The van der Waals surface area contributed by atoms with Crippen molar-refractivity contribution in [1.82, 2.24) is 0 Å². The van der Waals surface area contributed by atoms with Crippen molar-refractivity contribution in [3.63, 3.8) is 0 Å². The van der Waals surface area contributed by atoms with E-state index in [-0.39, 0.29) is 0 Å². The van der Waals surface area contributed by atoms with Gasteiger partial charge in [-0.3, -0.25) is 9.00 Å². The lowest BCUT2D eigenvalue weighted by Gasteiger charge is -2.33. The second-order valence-electron chi connectivity index (χ2n) is 8.13. The highest BCUT2D eigenvalue weighted by molar-refractivity contribution is 7.87. The summed E-state index contributed by atoms with van der Waals surface area (Å²) in [5.41, 5.74) is 8.40. The van der Waals surface area contributed by atoms with Crippen molar-refractivity contribution in [2.24, 2.45) is 5.73 Å². The number of hydrogen-bond donors (Lipinski definition) is 1. The fourth-order valence-electron chi connectivity index (χ4n) is 4.40. The van der Waals surface area contributed by atoms with Gasteiger partial charge in [-0.1, -0.05) is 18.2 Å². The van der Waals surface area contributed by atoms with Gasteiger partial charge in [0.25, 0.3) is 0 Å². The third kappa shape index (κ3) is 4.77. The number of rotatable bonds is 8. The molecule has 2 aromatic carbocycles. The number of anilines is 1. The van der Waals surface area contributed by atoms with E-state index in [1.165, 1.54) is 17.7 Å². The second-order valence-corrected chi connectivity index (χ2v) is 9.92. The number of nitrogens with two attached hydrogens (primary N) is 1. The highest BCUT2D eigenvalue weighted by Crippen LogP contribution is 2.32. The van der Waals surface area contributed by atoms with Gasteiger partial charge in [0, 0.05) is 36.9 Å². The number of carbonyl (C=O) groups is 1. The summed E-state index contributed by atoms with van der Waals surface area (Å²) in [5.74, 6) is 0.216. The smallest absolute Gasteiger partial charge is 0.236 e. The van der Waals surface area contributed by atoms with Crippen molar-refractivity contribution in [2.75, 3.05) is 37.8 Å². The van der Waals surface area contributed by atoms with Crippen molar-refractivity contribution in [2.45, 2.75) is 41.7 Å². The molecule has 0 bridgehead atoms. The van der Waals surface area contributed by atoms with Gasteiger partial charge in [0.15, 0.2) is 0 Å². The Bertz CT molecular complexity index is 925. The number of fused-ring (bicyclic) bond motifs is 1. The van der Waals surface area contributed by atoms with Crippen LogP contribution < -0.4 is 15.4 Å². The van der Waals surface area contributed by atoms with Crippen LogP contribution in [-0.4, -0.2) is 47.8 Å². The minimum atomic E-state index is -1.52. The number of carbonyl (C=O) groups excluding carboxylic acids is 1. The summed E-state index contributed by atoms with van der Waals surface area (Å²) in [7, 11) is -1.52. The number of benzene rings is 2. The zero-order valence-corrected chi connectivity index (χ0v) is 18.6. The number of primary amides is 1. The molecule has 2 aliphatic heterocycles. The molecule has 31 heavy (non-hydrogen) atoms. The molecule has 7 heteroatoms. The van der Waals surface area contributed by atoms with E-state index in [2.05, 4.69) is 29.2 Å². The molecular formula is C24H30N2O4S. The van der Waals surface area contributed by atoms with Crippen LogP contribution in [0, 0.1) is 0 Å². The first-order valence-electron chi connectivity index (χ1n) is 11.0. The van der Waals surface area contributed by atoms with Crippen molar-refractivity contribution < 1.29 is 18.5 Å². The van der Waals surface area contributed by atoms with Crippen LogP contribution in [-0.2, 0) is 26.8 Å². The Balaban J connectivity index is 1.30. The zero-order chi connectivity index (χ0) is 21.7. The molecular weight excluding hydrogens is 412 g/mol. The first-order valence-corrected chi connectivity index (χ1v) is 12.1. The monoisotopic (exact) mass is 442 g/mol. The van der Waals surface area contributed by atoms with Crippen LogP contribution in [0.4, 0.5) is 5.69 Å². The fourth-order valence-corrected chi connectivity index (χ4v) is 5.95. The van der Waals surface area contributed by atoms with Gasteiger partial charge < -0.3 is 20.1 Å². The SMILES string of the molecule is NC(=O)C1(S(=O)c2ccc(OCCCN3CCCc4ccccc43)cc2)CCOCC1. The maximum Gasteiger partial charge on any atom is 0.236 e. The summed E-state index contributed by atoms with van der Waals surface area (Å²) < 4.78 is 23.3. The van der Waals surface area contributed by atoms with Crippen LogP contribution in [0.2, 0.25) is 0 Å². The molecule has 0 aliphatic carbocycles. The molecule has 0 radical (unpaired) electrons. The molecule has 4 rings (SSSR count). The molecule has 0 saturated carbocycles.